The molecule has 158 valence electrons. The number of para-hydroxylation sites is 1. The number of nitrogens with one attached hydrogen (secondary N) is 1. The Morgan fingerprint density at radius 2 is 1.87 bits per heavy atom. The van der Waals surface area contributed by atoms with Crippen LogP contribution in [0.5, 0.6) is 11.5 Å². The molecule has 1 N–H and O–H groups in total. The minimum Gasteiger partial charge on any atom is -0.457 e. The molecule has 2 aromatic rings. The molecule has 2 atom stereocenters. The van der Waals surface area contributed by atoms with Gasteiger partial charge in [0, 0.05) is 33.0 Å². The molecular weight excluding hydrogens is 374 g/mol. The van der Waals surface area contributed by atoms with E-state index in [0.717, 1.165) is 44.0 Å². The highest BCUT2D eigenvalue weighted by atomic mass is 16.5. The second-order valence-electron chi connectivity index (χ2n) is 9.04. The van der Waals surface area contributed by atoms with Gasteiger partial charge in [-0.05, 0) is 60.5 Å². The van der Waals surface area contributed by atoms with Crippen molar-refractivity contribution in [2.24, 2.45) is 11.3 Å². The molecule has 2 aliphatic rings. The van der Waals surface area contributed by atoms with Gasteiger partial charge in [-0.15, -0.1) is 0 Å². The first-order valence-corrected chi connectivity index (χ1v) is 10.8. The Balaban J connectivity index is 1.41. The minimum absolute atomic E-state index is 0.0802. The number of ether oxygens (including phenoxy) is 1. The lowest BCUT2D eigenvalue weighted by molar-refractivity contribution is -0.132. The monoisotopic (exact) mass is 405 g/mol. The molecule has 1 unspecified atom stereocenters. The van der Waals surface area contributed by atoms with Crippen molar-refractivity contribution in [2.45, 2.75) is 39.2 Å². The molecule has 5 heteroatoms. The van der Waals surface area contributed by atoms with Crippen molar-refractivity contribution in [3.8, 4) is 11.5 Å². The van der Waals surface area contributed by atoms with Crippen LogP contribution in [0.3, 0.4) is 0 Å². The van der Waals surface area contributed by atoms with Crippen LogP contribution in [-0.2, 0) is 11.3 Å². The summed E-state index contributed by atoms with van der Waals surface area (Å²) in [6.07, 6.45) is 3.51. The van der Waals surface area contributed by atoms with Gasteiger partial charge >= 0.3 is 0 Å². The quantitative estimate of drug-likeness (QED) is 0.768. The summed E-state index contributed by atoms with van der Waals surface area (Å²) in [4.78, 5) is 16.4. The van der Waals surface area contributed by atoms with Crippen LogP contribution in [0.25, 0.3) is 0 Å². The van der Waals surface area contributed by atoms with E-state index in [-0.39, 0.29) is 11.3 Å². The first kappa shape index (κ1) is 20.6. The second kappa shape index (κ2) is 8.60. The molecule has 0 aliphatic carbocycles. The third kappa shape index (κ3) is 4.57. The number of carbonyl (C=O) groups is 1. The highest BCUT2D eigenvalue weighted by Gasteiger charge is 2.43. The number of amides is 1. The van der Waals surface area contributed by atoms with E-state index in [1.807, 2.05) is 42.5 Å². The Kier molecular flexibility index (Phi) is 5.91. The van der Waals surface area contributed by atoms with Gasteiger partial charge in [0.05, 0.1) is 0 Å². The van der Waals surface area contributed by atoms with Gasteiger partial charge in [-0.2, -0.15) is 0 Å². The van der Waals surface area contributed by atoms with E-state index in [1.165, 1.54) is 10.5 Å². The summed E-state index contributed by atoms with van der Waals surface area (Å²) in [5, 5.41) is 8.22. The smallest absolute Gasteiger partial charge is 0.228 e. The molecule has 2 aromatic carbocycles. The number of likely N-dealkylation sites (tertiary alicyclic amines) is 2. The Hall–Kier alpha value is -2.66. The van der Waals surface area contributed by atoms with Crippen LogP contribution in [0.15, 0.2) is 54.6 Å². The zero-order valence-corrected chi connectivity index (χ0v) is 17.9. The topological polar surface area (TPSA) is 56.6 Å². The van der Waals surface area contributed by atoms with Crippen molar-refractivity contribution in [1.82, 2.24) is 9.80 Å². The average Bonchev–Trinajstić information content (AvgIpc) is 2.73. The zero-order chi connectivity index (χ0) is 21.1. The third-order valence-electron chi connectivity index (χ3n) is 6.68. The highest BCUT2D eigenvalue weighted by Crippen LogP contribution is 2.43. The molecule has 0 spiro atoms. The van der Waals surface area contributed by atoms with Gasteiger partial charge in [-0.3, -0.25) is 15.1 Å². The second-order valence-corrected chi connectivity index (χ2v) is 9.04. The number of rotatable bonds is 5. The van der Waals surface area contributed by atoms with Crippen molar-refractivity contribution in [2.75, 3.05) is 20.1 Å². The average molecular weight is 406 g/mol. The summed E-state index contributed by atoms with van der Waals surface area (Å²) >= 11 is 0. The molecule has 0 saturated carbocycles. The van der Waals surface area contributed by atoms with Crippen LogP contribution < -0.4 is 4.74 Å². The normalized spacial score (nSPS) is 25.4. The zero-order valence-electron chi connectivity index (χ0n) is 17.9. The van der Waals surface area contributed by atoms with Crippen LogP contribution in [0.1, 0.15) is 38.2 Å². The van der Waals surface area contributed by atoms with Crippen LogP contribution >= 0.6 is 0 Å². The van der Waals surface area contributed by atoms with Crippen molar-refractivity contribution in [3.05, 3.63) is 60.2 Å². The fourth-order valence-electron chi connectivity index (χ4n) is 4.83. The first-order valence-electron chi connectivity index (χ1n) is 10.8. The van der Waals surface area contributed by atoms with Gasteiger partial charge in [0.1, 0.15) is 17.3 Å². The van der Waals surface area contributed by atoms with E-state index in [9.17, 15) is 4.79 Å². The van der Waals surface area contributed by atoms with Crippen LogP contribution in [0.4, 0.5) is 0 Å². The number of hydrogen-bond donors (Lipinski definition) is 1. The molecule has 4 rings (SSSR count). The Morgan fingerprint density at radius 1 is 1.10 bits per heavy atom. The van der Waals surface area contributed by atoms with Gasteiger partial charge in [0.15, 0.2) is 0 Å². The number of piperidine rings is 2. The molecular formula is C25H31N3O2. The molecule has 2 aliphatic heterocycles. The predicted octanol–water partition coefficient (Wildman–Crippen LogP) is 4.93. The fourth-order valence-corrected chi connectivity index (χ4v) is 4.83. The fraction of sp³-hybridized carbons (Fsp3) is 0.440. The lowest BCUT2D eigenvalue weighted by atomic mass is 9.67. The Morgan fingerprint density at radius 3 is 2.63 bits per heavy atom. The lowest BCUT2D eigenvalue weighted by Crippen LogP contribution is -2.50. The van der Waals surface area contributed by atoms with Crippen molar-refractivity contribution in [1.29, 1.82) is 5.41 Å². The summed E-state index contributed by atoms with van der Waals surface area (Å²) < 4.78 is 5.99. The SMILES string of the molecule is CN1C(=N)C[C@](C)(C2CCCN(Cc3cccc(Oc4ccccc4)c3)C2)CC1=O. The number of carbonyl (C=O) groups excluding carboxylic acids is 1. The maximum Gasteiger partial charge on any atom is 0.228 e. The number of benzene rings is 2. The van der Waals surface area contributed by atoms with Gasteiger partial charge in [0.2, 0.25) is 5.91 Å². The van der Waals surface area contributed by atoms with Crippen LogP contribution in [0, 0.1) is 16.7 Å². The van der Waals surface area contributed by atoms with E-state index in [4.69, 9.17) is 10.1 Å². The van der Waals surface area contributed by atoms with Crippen molar-refractivity contribution in [3.63, 3.8) is 0 Å². The number of nitrogens with zero attached hydrogens (tertiary/aromatic N) is 2. The molecule has 5 nitrogen and oxygen atoms in total. The predicted molar refractivity (Wildman–Crippen MR) is 119 cm³/mol. The summed E-state index contributed by atoms with van der Waals surface area (Å²) in [5.41, 5.74) is 1.12. The number of amidine groups is 1. The van der Waals surface area contributed by atoms with Gasteiger partial charge in [0.25, 0.3) is 0 Å². The molecule has 1 amide bonds. The lowest BCUT2D eigenvalue weighted by Gasteiger charge is -2.46. The first-order chi connectivity index (χ1) is 14.4. The van der Waals surface area contributed by atoms with E-state index in [1.54, 1.807) is 7.05 Å². The summed E-state index contributed by atoms with van der Waals surface area (Å²) in [6, 6.07) is 18.2. The maximum absolute atomic E-state index is 12.4. The maximum atomic E-state index is 12.4. The van der Waals surface area contributed by atoms with E-state index in [0.29, 0.717) is 24.6 Å². The minimum atomic E-state index is -0.113. The summed E-state index contributed by atoms with van der Waals surface area (Å²) in [6.45, 7) is 5.13. The summed E-state index contributed by atoms with van der Waals surface area (Å²) in [7, 11) is 1.72. The van der Waals surface area contributed by atoms with E-state index >= 15 is 0 Å². The van der Waals surface area contributed by atoms with Crippen LogP contribution in [0.2, 0.25) is 0 Å². The third-order valence-corrected chi connectivity index (χ3v) is 6.68. The molecule has 2 saturated heterocycles. The van der Waals surface area contributed by atoms with Gasteiger partial charge in [-0.1, -0.05) is 37.3 Å². The van der Waals surface area contributed by atoms with Gasteiger partial charge in [-0.25, -0.2) is 0 Å². The summed E-state index contributed by atoms with van der Waals surface area (Å²) in [5.74, 6) is 2.67. The highest BCUT2D eigenvalue weighted by molar-refractivity contribution is 5.99. The van der Waals surface area contributed by atoms with Gasteiger partial charge < -0.3 is 9.64 Å². The molecule has 30 heavy (non-hydrogen) atoms. The van der Waals surface area contributed by atoms with E-state index in [2.05, 4.69) is 24.0 Å². The van der Waals surface area contributed by atoms with Crippen molar-refractivity contribution >= 4 is 11.7 Å². The standard InChI is InChI=1S/C25H31N3O2/c1-25(15-23(26)27(2)24(29)16-25)20-9-7-13-28(18-20)17-19-8-6-12-22(14-19)30-21-10-4-3-5-11-21/h3-6,8,10-12,14,20,26H,7,9,13,15-18H2,1-2H3/t20?,25-/m0/s1. The van der Waals surface area contributed by atoms with Crippen molar-refractivity contribution < 1.29 is 9.53 Å². The molecule has 0 radical (unpaired) electrons. The molecule has 0 bridgehead atoms. The Bertz CT molecular complexity index is 894. The molecule has 2 fully saturated rings. The Labute approximate surface area is 179 Å². The molecule has 2 heterocycles. The van der Waals surface area contributed by atoms with E-state index < -0.39 is 0 Å². The number of hydrogen-bond acceptors (Lipinski definition) is 4. The largest absolute Gasteiger partial charge is 0.457 e. The molecule has 0 aromatic heterocycles. The van der Waals surface area contributed by atoms with Crippen LogP contribution in [-0.4, -0.2) is 41.7 Å².